The Morgan fingerprint density at radius 1 is 1.19 bits per heavy atom. The largest absolute Gasteiger partial charge is 0.328 e. The fraction of sp³-hybridized carbons (Fsp3) is 0.929. The third-order valence-electron chi connectivity index (χ3n) is 3.17. The van der Waals surface area contributed by atoms with Gasteiger partial charge in [-0.15, -0.1) is 0 Å². The minimum absolute atomic E-state index is 0.231. The first-order valence-electron chi connectivity index (χ1n) is 6.87. The number of nitrogens with two attached hydrogens (primary N) is 1. The van der Waals surface area contributed by atoms with Crippen molar-refractivity contribution in [3.05, 3.63) is 0 Å². The van der Waals surface area contributed by atoms with Gasteiger partial charge in [-0.1, -0.05) is 39.5 Å². The van der Waals surface area contributed by atoms with Crippen LogP contribution < -0.4 is 5.73 Å². The number of unbranched alkanes of at least 4 members (excludes halogenated alkanes) is 1. The third-order valence-corrected chi connectivity index (χ3v) is 3.17. The Bertz CT molecular complexity index is 178. The Morgan fingerprint density at radius 2 is 1.88 bits per heavy atom. The molecule has 2 heteroatoms. The first-order valence-corrected chi connectivity index (χ1v) is 6.87. The van der Waals surface area contributed by atoms with E-state index in [1.807, 2.05) is 6.92 Å². The fourth-order valence-corrected chi connectivity index (χ4v) is 1.99. The first kappa shape index (κ1) is 15.6. The summed E-state index contributed by atoms with van der Waals surface area (Å²) in [5.74, 6) is 1.05. The third kappa shape index (κ3) is 8.90. The molecule has 0 saturated heterocycles. The average Bonchev–Trinajstić information content (AvgIpc) is 2.23. The van der Waals surface area contributed by atoms with E-state index in [9.17, 15) is 4.79 Å². The van der Waals surface area contributed by atoms with E-state index >= 15 is 0 Å². The van der Waals surface area contributed by atoms with Crippen molar-refractivity contribution in [3.8, 4) is 0 Å². The molecule has 0 aliphatic heterocycles. The van der Waals surface area contributed by atoms with Crippen LogP contribution in [0.1, 0.15) is 72.1 Å². The van der Waals surface area contributed by atoms with Gasteiger partial charge in [0.1, 0.15) is 5.78 Å². The maximum Gasteiger partial charge on any atom is 0.133 e. The molecular weight excluding hydrogens is 198 g/mol. The maximum atomic E-state index is 11.7. The van der Waals surface area contributed by atoms with Crippen LogP contribution in [-0.4, -0.2) is 11.8 Å². The summed E-state index contributed by atoms with van der Waals surface area (Å²) in [4.78, 5) is 11.7. The molecule has 2 N–H and O–H groups in total. The smallest absolute Gasteiger partial charge is 0.133 e. The summed E-state index contributed by atoms with van der Waals surface area (Å²) in [6.45, 7) is 6.40. The fourth-order valence-electron chi connectivity index (χ4n) is 1.99. The molecule has 0 fully saturated rings. The molecule has 0 bridgehead atoms. The van der Waals surface area contributed by atoms with E-state index in [1.165, 1.54) is 19.3 Å². The first-order chi connectivity index (χ1) is 7.60. The molecule has 0 rings (SSSR count). The Hall–Kier alpha value is -0.370. The summed E-state index contributed by atoms with van der Waals surface area (Å²) >= 11 is 0. The molecule has 0 amide bonds. The van der Waals surface area contributed by atoms with Gasteiger partial charge in [0.2, 0.25) is 0 Å². The van der Waals surface area contributed by atoms with Crippen molar-refractivity contribution in [2.45, 2.75) is 78.2 Å². The van der Waals surface area contributed by atoms with Crippen LogP contribution >= 0.6 is 0 Å². The van der Waals surface area contributed by atoms with Crippen molar-refractivity contribution >= 4 is 5.78 Å². The van der Waals surface area contributed by atoms with Gasteiger partial charge in [-0.05, 0) is 25.7 Å². The topological polar surface area (TPSA) is 43.1 Å². The lowest BCUT2D eigenvalue weighted by molar-refractivity contribution is -0.120. The SMILES string of the molecule is CCCCC(CC)CC(=O)CCCC(C)N. The van der Waals surface area contributed by atoms with Gasteiger partial charge in [0, 0.05) is 18.9 Å². The summed E-state index contributed by atoms with van der Waals surface area (Å²) in [5.41, 5.74) is 5.66. The van der Waals surface area contributed by atoms with Gasteiger partial charge in [0.05, 0.1) is 0 Å². The van der Waals surface area contributed by atoms with Crippen LogP contribution in [-0.2, 0) is 4.79 Å². The van der Waals surface area contributed by atoms with E-state index in [1.54, 1.807) is 0 Å². The van der Waals surface area contributed by atoms with Crippen LogP contribution in [0.15, 0.2) is 0 Å². The average molecular weight is 227 g/mol. The summed E-state index contributed by atoms with van der Waals surface area (Å²) in [7, 11) is 0. The molecule has 0 aromatic carbocycles. The van der Waals surface area contributed by atoms with E-state index in [-0.39, 0.29) is 6.04 Å². The second kappa shape index (κ2) is 9.83. The molecule has 0 spiro atoms. The van der Waals surface area contributed by atoms with Gasteiger partial charge in [-0.2, -0.15) is 0 Å². The Kier molecular flexibility index (Phi) is 9.60. The molecule has 0 saturated carbocycles. The van der Waals surface area contributed by atoms with Crippen molar-refractivity contribution in [1.29, 1.82) is 0 Å². The molecule has 96 valence electrons. The zero-order valence-electron chi connectivity index (χ0n) is 11.3. The van der Waals surface area contributed by atoms with Crippen LogP contribution in [0.25, 0.3) is 0 Å². The summed E-state index contributed by atoms with van der Waals surface area (Å²) in [5, 5.41) is 0. The predicted octanol–water partition coefficient (Wildman–Crippen LogP) is 3.68. The Morgan fingerprint density at radius 3 is 2.38 bits per heavy atom. The lowest BCUT2D eigenvalue weighted by atomic mass is 9.92. The van der Waals surface area contributed by atoms with E-state index in [2.05, 4.69) is 13.8 Å². The summed E-state index contributed by atoms with van der Waals surface area (Å²) in [6.07, 6.45) is 8.28. The van der Waals surface area contributed by atoms with Crippen molar-refractivity contribution in [2.75, 3.05) is 0 Å². The standard InChI is InChI=1S/C14H29NO/c1-4-6-9-13(5-2)11-14(16)10-7-8-12(3)15/h12-13H,4-11,15H2,1-3H3. The minimum Gasteiger partial charge on any atom is -0.328 e. The Balaban J connectivity index is 3.65. The highest BCUT2D eigenvalue weighted by Crippen LogP contribution is 2.18. The van der Waals surface area contributed by atoms with E-state index in [4.69, 9.17) is 5.73 Å². The van der Waals surface area contributed by atoms with Gasteiger partial charge >= 0.3 is 0 Å². The number of Topliss-reactive ketones (excluding diaryl/α,β-unsaturated/α-hetero) is 1. The molecule has 0 radical (unpaired) electrons. The van der Waals surface area contributed by atoms with Crippen LogP contribution in [0.4, 0.5) is 0 Å². The lowest BCUT2D eigenvalue weighted by Crippen LogP contribution is -2.15. The van der Waals surface area contributed by atoms with Gasteiger partial charge in [0.25, 0.3) is 0 Å². The van der Waals surface area contributed by atoms with Crippen molar-refractivity contribution in [3.63, 3.8) is 0 Å². The van der Waals surface area contributed by atoms with Crippen molar-refractivity contribution < 1.29 is 4.79 Å². The predicted molar refractivity (Wildman–Crippen MR) is 70.4 cm³/mol. The number of carbonyl (C=O) groups is 1. The van der Waals surface area contributed by atoms with Crippen LogP contribution in [0.5, 0.6) is 0 Å². The molecule has 2 nitrogen and oxygen atoms in total. The molecule has 2 atom stereocenters. The molecular formula is C14H29NO. The number of hydrogen-bond acceptors (Lipinski definition) is 2. The van der Waals surface area contributed by atoms with E-state index < -0.39 is 0 Å². The van der Waals surface area contributed by atoms with Crippen LogP contribution in [0.3, 0.4) is 0 Å². The number of hydrogen-bond donors (Lipinski definition) is 1. The molecule has 0 aromatic heterocycles. The molecule has 0 aliphatic rings. The van der Waals surface area contributed by atoms with E-state index in [0.717, 1.165) is 32.1 Å². The normalized spacial score (nSPS) is 14.8. The van der Waals surface area contributed by atoms with Crippen LogP contribution in [0.2, 0.25) is 0 Å². The molecule has 0 heterocycles. The molecule has 0 aromatic rings. The molecule has 0 aliphatic carbocycles. The zero-order valence-corrected chi connectivity index (χ0v) is 11.3. The lowest BCUT2D eigenvalue weighted by Gasteiger charge is -2.13. The monoisotopic (exact) mass is 227 g/mol. The molecule has 16 heavy (non-hydrogen) atoms. The highest BCUT2D eigenvalue weighted by Gasteiger charge is 2.11. The van der Waals surface area contributed by atoms with Crippen molar-refractivity contribution in [1.82, 2.24) is 0 Å². The summed E-state index contributed by atoms with van der Waals surface area (Å²) < 4.78 is 0. The Labute approximate surface area is 101 Å². The summed E-state index contributed by atoms with van der Waals surface area (Å²) in [6, 6.07) is 0.231. The van der Waals surface area contributed by atoms with Gasteiger partial charge in [-0.25, -0.2) is 0 Å². The number of ketones is 1. The quantitative estimate of drug-likeness (QED) is 0.618. The second-order valence-corrected chi connectivity index (χ2v) is 5.03. The minimum atomic E-state index is 0.231. The van der Waals surface area contributed by atoms with Gasteiger partial charge < -0.3 is 5.73 Å². The highest BCUT2D eigenvalue weighted by molar-refractivity contribution is 5.78. The maximum absolute atomic E-state index is 11.7. The number of rotatable bonds is 10. The van der Waals surface area contributed by atoms with Gasteiger partial charge in [0.15, 0.2) is 0 Å². The van der Waals surface area contributed by atoms with Gasteiger partial charge in [-0.3, -0.25) is 4.79 Å². The second-order valence-electron chi connectivity index (χ2n) is 5.03. The van der Waals surface area contributed by atoms with E-state index in [0.29, 0.717) is 11.7 Å². The number of carbonyl (C=O) groups excluding carboxylic acids is 1. The van der Waals surface area contributed by atoms with Crippen LogP contribution in [0, 0.1) is 5.92 Å². The molecule has 2 unspecified atom stereocenters. The highest BCUT2D eigenvalue weighted by atomic mass is 16.1. The van der Waals surface area contributed by atoms with Crippen molar-refractivity contribution in [2.24, 2.45) is 11.7 Å². The zero-order chi connectivity index (χ0) is 12.4.